The summed E-state index contributed by atoms with van der Waals surface area (Å²) in [5.74, 6) is -0.599. The molecule has 0 saturated heterocycles. The summed E-state index contributed by atoms with van der Waals surface area (Å²) >= 11 is 7.54. The van der Waals surface area contributed by atoms with Crippen molar-refractivity contribution in [2.24, 2.45) is 4.99 Å². The molecule has 6 nitrogen and oxygen atoms in total. The second kappa shape index (κ2) is 9.45. The van der Waals surface area contributed by atoms with Gasteiger partial charge in [-0.25, -0.2) is 9.79 Å². The Labute approximate surface area is 202 Å². The van der Waals surface area contributed by atoms with Crippen molar-refractivity contribution in [3.63, 3.8) is 0 Å². The standard InChI is InChI=1S/C25H24ClN3O3S/c1-14-5-10-19(11-15(14)2)28-21(30)12-20-13-33-25-27-16(3)22(24(31)32-4)23(29(20)25)17-6-8-18(26)9-7-17/h5-11,13,23H,12H2,1-4H3,(H,28,30). The topological polar surface area (TPSA) is 71.0 Å². The molecule has 1 unspecified atom stereocenters. The number of nitrogens with one attached hydrogen (secondary N) is 1. The van der Waals surface area contributed by atoms with Gasteiger partial charge in [0.15, 0.2) is 5.17 Å². The summed E-state index contributed by atoms with van der Waals surface area (Å²) < 4.78 is 5.08. The van der Waals surface area contributed by atoms with Gasteiger partial charge in [-0.1, -0.05) is 41.6 Å². The number of esters is 1. The van der Waals surface area contributed by atoms with Crippen LogP contribution in [0.1, 0.15) is 36.1 Å². The van der Waals surface area contributed by atoms with Crippen LogP contribution in [0.5, 0.6) is 0 Å². The highest BCUT2D eigenvalue weighted by atomic mass is 35.5. The molecule has 0 bridgehead atoms. The molecule has 2 aliphatic heterocycles. The first-order chi connectivity index (χ1) is 15.8. The van der Waals surface area contributed by atoms with Crippen LogP contribution in [0.2, 0.25) is 5.02 Å². The van der Waals surface area contributed by atoms with Gasteiger partial charge in [0.2, 0.25) is 5.91 Å². The molecule has 8 heteroatoms. The van der Waals surface area contributed by atoms with Crippen LogP contribution in [0.25, 0.3) is 0 Å². The van der Waals surface area contributed by atoms with Crippen LogP contribution in [0.4, 0.5) is 5.69 Å². The number of hydrogen-bond acceptors (Lipinski definition) is 6. The molecule has 170 valence electrons. The van der Waals surface area contributed by atoms with Crippen LogP contribution in [-0.2, 0) is 14.3 Å². The van der Waals surface area contributed by atoms with Crippen LogP contribution in [0.3, 0.4) is 0 Å². The summed E-state index contributed by atoms with van der Waals surface area (Å²) in [6, 6.07) is 12.7. The molecule has 0 radical (unpaired) electrons. The minimum atomic E-state index is -0.474. The highest BCUT2D eigenvalue weighted by Crippen LogP contribution is 2.45. The summed E-state index contributed by atoms with van der Waals surface area (Å²) in [6.07, 6.45) is 0.135. The molecule has 1 atom stereocenters. The molecule has 0 saturated carbocycles. The number of thioether (sulfide) groups is 1. The number of aliphatic imine (C=N–C) groups is 1. The molecule has 2 aliphatic rings. The molecule has 1 amide bonds. The predicted octanol–water partition coefficient (Wildman–Crippen LogP) is 5.73. The number of ether oxygens (including phenoxy) is 1. The number of fused-ring (bicyclic) bond motifs is 1. The van der Waals surface area contributed by atoms with Gasteiger partial charge in [0.05, 0.1) is 30.8 Å². The van der Waals surface area contributed by atoms with Gasteiger partial charge in [0.1, 0.15) is 0 Å². The Balaban J connectivity index is 1.64. The number of benzene rings is 2. The molecule has 33 heavy (non-hydrogen) atoms. The van der Waals surface area contributed by atoms with Gasteiger partial charge in [-0.2, -0.15) is 0 Å². The van der Waals surface area contributed by atoms with E-state index in [2.05, 4.69) is 10.3 Å². The summed E-state index contributed by atoms with van der Waals surface area (Å²) in [6.45, 7) is 5.84. The van der Waals surface area contributed by atoms with Gasteiger partial charge in [0, 0.05) is 16.4 Å². The number of nitrogens with zero attached hydrogens (tertiary/aromatic N) is 2. The van der Waals surface area contributed by atoms with Gasteiger partial charge in [-0.3, -0.25) is 4.79 Å². The zero-order chi connectivity index (χ0) is 23.7. The van der Waals surface area contributed by atoms with Crippen molar-refractivity contribution in [3.05, 3.63) is 86.6 Å². The number of amidine groups is 1. The van der Waals surface area contributed by atoms with Crippen molar-refractivity contribution < 1.29 is 14.3 Å². The number of anilines is 1. The fraction of sp³-hybridized carbons (Fsp3) is 0.240. The van der Waals surface area contributed by atoms with Gasteiger partial charge in [0.25, 0.3) is 0 Å². The van der Waals surface area contributed by atoms with Crippen LogP contribution >= 0.6 is 23.4 Å². The Kier molecular flexibility index (Phi) is 6.63. The second-order valence-electron chi connectivity index (χ2n) is 7.96. The quantitative estimate of drug-likeness (QED) is 0.552. The fourth-order valence-electron chi connectivity index (χ4n) is 3.89. The van der Waals surface area contributed by atoms with E-state index in [1.807, 2.05) is 54.5 Å². The maximum atomic E-state index is 12.9. The van der Waals surface area contributed by atoms with Gasteiger partial charge in [-0.05, 0) is 67.1 Å². The highest BCUT2D eigenvalue weighted by Gasteiger charge is 2.40. The number of methoxy groups -OCH3 is 1. The molecule has 0 fully saturated rings. The first-order valence-electron chi connectivity index (χ1n) is 10.4. The van der Waals surface area contributed by atoms with Crippen molar-refractivity contribution >= 4 is 46.1 Å². The Hall–Kier alpha value is -3.03. The van der Waals surface area contributed by atoms with E-state index in [0.717, 1.165) is 22.5 Å². The zero-order valence-corrected chi connectivity index (χ0v) is 20.4. The van der Waals surface area contributed by atoms with E-state index in [1.54, 1.807) is 19.1 Å². The number of amides is 1. The van der Waals surface area contributed by atoms with E-state index in [4.69, 9.17) is 16.3 Å². The maximum absolute atomic E-state index is 12.9. The van der Waals surface area contributed by atoms with E-state index in [9.17, 15) is 9.59 Å². The number of allylic oxidation sites excluding steroid dienone is 1. The van der Waals surface area contributed by atoms with Crippen molar-refractivity contribution in [2.75, 3.05) is 12.4 Å². The predicted molar refractivity (Wildman–Crippen MR) is 133 cm³/mol. The third-order valence-corrected chi connectivity index (χ3v) is 6.86. The molecule has 0 aromatic heterocycles. The Bertz CT molecular complexity index is 1220. The summed E-state index contributed by atoms with van der Waals surface area (Å²) in [4.78, 5) is 32.2. The molecule has 2 aromatic rings. The van der Waals surface area contributed by atoms with E-state index in [0.29, 0.717) is 21.5 Å². The number of halogens is 1. The van der Waals surface area contributed by atoms with Crippen LogP contribution < -0.4 is 5.32 Å². The average Bonchev–Trinajstić information content (AvgIpc) is 3.17. The van der Waals surface area contributed by atoms with E-state index in [1.165, 1.54) is 24.4 Å². The van der Waals surface area contributed by atoms with Crippen molar-refractivity contribution in [2.45, 2.75) is 33.2 Å². The van der Waals surface area contributed by atoms with Crippen LogP contribution in [0.15, 0.2) is 69.8 Å². The van der Waals surface area contributed by atoms with Gasteiger partial charge >= 0.3 is 5.97 Å². The lowest BCUT2D eigenvalue weighted by molar-refractivity contribution is -0.136. The monoisotopic (exact) mass is 481 g/mol. The fourth-order valence-corrected chi connectivity index (χ4v) is 4.98. The highest BCUT2D eigenvalue weighted by molar-refractivity contribution is 8.16. The minimum absolute atomic E-state index is 0.135. The molecule has 0 spiro atoms. The molecule has 1 N–H and O–H groups in total. The van der Waals surface area contributed by atoms with Crippen LogP contribution in [0, 0.1) is 13.8 Å². The largest absolute Gasteiger partial charge is 0.466 e. The SMILES string of the molecule is COC(=O)C1=C(C)N=C2SC=C(CC(=O)Nc3ccc(C)c(C)c3)N2C1c1ccc(Cl)cc1. The van der Waals surface area contributed by atoms with Crippen molar-refractivity contribution in [1.82, 2.24) is 4.90 Å². The number of carbonyl (C=O) groups excluding carboxylic acids is 2. The van der Waals surface area contributed by atoms with Gasteiger partial charge in [-0.15, -0.1) is 0 Å². The van der Waals surface area contributed by atoms with Crippen LogP contribution in [-0.4, -0.2) is 29.1 Å². The van der Waals surface area contributed by atoms with Gasteiger partial charge < -0.3 is 15.0 Å². The molecule has 2 heterocycles. The van der Waals surface area contributed by atoms with E-state index < -0.39 is 12.0 Å². The Morgan fingerprint density at radius 2 is 1.85 bits per heavy atom. The normalized spacial score (nSPS) is 17.4. The average molecular weight is 482 g/mol. The first-order valence-corrected chi connectivity index (χ1v) is 11.7. The van der Waals surface area contributed by atoms with Crippen molar-refractivity contribution in [3.8, 4) is 0 Å². The third-order valence-electron chi connectivity index (χ3n) is 5.72. The third kappa shape index (κ3) is 4.70. The second-order valence-corrected chi connectivity index (χ2v) is 9.23. The lowest BCUT2D eigenvalue weighted by Crippen LogP contribution is -2.37. The molecule has 4 rings (SSSR count). The molecular weight excluding hydrogens is 458 g/mol. The first kappa shape index (κ1) is 23.1. The zero-order valence-electron chi connectivity index (χ0n) is 18.8. The molecule has 0 aliphatic carbocycles. The summed E-state index contributed by atoms with van der Waals surface area (Å²) in [7, 11) is 1.35. The lowest BCUT2D eigenvalue weighted by Gasteiger charge is -2.36. The Morgan fingerprint density at radius 3 is 2.52 bits per heavy atom. The number of rotatable bonds is 5. The number of hydrogen-bond donors (Lipinski definition) is 1. The summed E-state index contributed by atoms with van der Waals surface area (Å²) in [5.41, 5.74) is 5.67. The lowest BCUT2D eigenvalue weighted by atomic mass is 9.94. The summed E-state index contributed by atoms with van der Waals surface area (Å²) in [5, 5.41) is 6.20. The molecule has 2 aromatic carbocycles. The maximum Gasteiger partial charge on any atom is 0.338 e. The van der Waals surface area contributed by atoms with E-state index >= 15 is 0 Å². The smallest absolute Gasteiger partial charge is 0.338 e. The number of aryl methyl sites for hydroxylation is 2. The van der Waals surface area contributed by atoms with Crippen molar-refractivity contribution in [1.29, 1.82) is 0 Å². The van der Waals surface area contributed by atoms with E-state index in [-0.39, 0.29) is 12.3 Å². The molecular formula is C25H24ClN3O3S. The Morgan fingerprint density at radius 1 is 1.12 bits per heavy atom. The number of carbonyl (C=O) groups is 2. The minimum Gasteiger partial charge on any atom is -0.466 e.